The molecule has 0 spiro atoms. The predicted molar refractivity (Wildman–Crippen MR) is 86.8 cm³/mol. The van der Waals surface area contributed by atoms with Crippen molar-refractivity contribution in [2.75, 3.05) is 6.61 Å². The molecule has 0 bridgehead atoms. The summed E-state index contributed by atoms with van der Waals surface area (Å²) >= 11 is 0. The Kier molecular flexibility index (Phi) is 5.04. The van der Waals surface area contributed by atoms with Crippen LogP contribution in [0.2, 0.25) is 0 Å². The van der Waals surface area contributed by atoms with Crippen molar-refractivity contribution in [1.82, 2.24) is 10.3 Å². The van der Waals surface area contributed by atoms with E-state index in [1.165, 1.54) is 30.5 Å². The lowest BCUT2D eigenvalue weighted by atomic mass is 9.99. The Bertz CT molecular complexity index is 756. The van der Waals surface area contributed by atoms with Gasteiger partial charge in [0.15, 0.2) is 0 Å². The first-order valence-electron chi connectivity index (χ1n) is 7.92. The normalized spacial score (nSPS) is 17.9. The molecule has 0 radical (unpaired) electrons. The molecule has 130 valence electrons. The van der Waals surface area contributed by atoms with Gasteiger partial charge < -0.3 is 15.2 Å². The quantitative estimate of drug-likeness (QED) is 0.870. The number of benzene rings is 1. The highest BCUT2D eigenvalue weighted by Crippen LogP contribution is 2.27. The van der Waals surface area contributed by atoms with E-state index in [0.29, 0.717) is 6.61 Å². The number of carbonyl (C=O) groups is 2. The molecule has 2 N–H and O–H groups in total. The molecule has 25 heavy (non-hydrogen) atoms. The Labute approximate surface area is 143 Å². The van der Waals surface area contributed by atoms with Crippen LogP contribution in [0.15, 0.2) is 42.6 Å². The number of hydrogen-bond donors (Lipinski definition) is 2. The standard InChI is InChI=1S/C18H17FN2O4/c19-13-6-3-11(4-7-13)16(15-2-1-9-25-15)21-17(22)12-5-8-14(18(23)24)20-10-12/h3-8,10,15-16H,1-2,9H2,(H,21,22)(H,23,24). The van der Waals surface area contributed by atoms with Crippen molar-refractivity contribution in [3.63, 3.8) is 0 Å². The second-order valence-corrected chi connectivity index (χ2v) is 5.79. The number of rotatable bonds is 5. The molecular weight excluding hydrogens is 327 g/mol. The fourth-order valence-corrected chi connectivity index (χ4v) is 2.81. The zero-order valence-electron chi connectivity index (χ0n) is 13.3. The molecule has 1 amide bonds. The van der Waals surface area contributed by atoms with Gasteiger partial charge in [0.25, 0.3) is 5.91 Å². The van der Waals surface area contributed by atoms with Crippen LogP contribution in [0.25, 0.3) is 0 Å². The Morgan fingerprint density at radius 2 is 2.00 bits per heavy atom. The van der Waals surface area contributed by atoms with Crippen molar-refractivity contribution in [3.8, 4) is 0 Å². The number of hydrogen-bond acceptors (Lipinski definition) is 4. The first kappa shape index (κ1) is 17.0. The van der Waals surface area contributed by atoms with Gasteiger partial charge in [-0.1, -0.05) is 12.1 Å². The number of carboxylic acids is 1. The van der Waals surface area contributed by atoms with E-state index in [9.17, 15) is 14.0 Å². The lowest BCUT2D eigenvalue weighted by molar-refractivity contribution is 0.0669. The van der Waals surface area contributed by atoms with Gasteiger partial charge in [0.2, 0.25) is 0 Å². The molecule has 1 aromatic carbocycles. The van der Waals surface area contributed by atoms with Crippen LogP contribution in [-0.2, 0) is 4.74 Å². The van der Waals surface area contributed by atoms with Gasteiger partial charge in [-0.05, 0) is 42.7 Å². The third-order valence-electron chi connectivity index (χ3n) is 4.10. The van der Waals surface area contributed by atoms with Crippen molar-refractivity contribution in [2.45, 2.75) is 25.0 Å². The Morgan fingerprint density at radius 3 is 2.56 bits per heavy atom. The van der Waals surface area contributed by atoms with E-state index < -0.39 is 17.9 Å². The number of pyridine rings is 1. The molecule has 2 unspecified atom stereocenters. The summed E-state index contributed by atoms with van der Waals surface area (Å²) < 4.78 is 18.9. The van der Waals surface area contributed by atoms with Crippen LogP contribution in [0.1, 0.15) is 45.3 Å². The SMILES string of the molecule is O=C(NC(c1ccc(F)cc1)C1CCCO1)c1ccc(C(=O)O)nc1. The van der Waals surface area contributed by atoms with Crippen LogP contribution < -0.4 is 5.32 Å². The highest BCUT2D eigenvalue weighted by atomic mass is 19.1. The topological polar surface area (TPSA) is 88.5 Å². The van der Waals surface area contributed by atoms with Gasteiger partial charge >= 0.3 is 5.97 Å². The zero-order chi connectivity index (χ0) is 17.8. The van der Waals surface area contributed by atoms with Gasteiger partial charge in [0.05, 0.1) is 17.7 Å². The van der Waals surface area contributed by atoms with E-state index in [0.717, 1.165) is 18.4 Å². The molecule has 2 heterocycles. The minimum Gasteiger partial charge on any atom is -0.477 e. The van der Waals surface area contributed by atoms with E-state index >= 15 is 0 Å². The summed E-state index contributed by atoms with van der Waals surface area (Å²) in [6, 6.07) is 8.18. The molecule has 3 rings (SSSR count). The summed E-state index contributed by atoms with van der Waals surface area (Å²) in [5.74, 6) is -1.90. The van der Waals surface area contributed by atoms with Gasteiger partial charge in [-0.3, -0.25) is 4.79 Å². The number of aromatic carboxylic acids is 1. The summed E-state index contributed by atoms with van der Waals surface area (Å²) in [5, 5.41) is 11.8. The molecule has 7 heteroatoms. The first-order chi connectivity index (χ1) is 12.0. The molecule has 1 aliphatic heterocycles. The van der Waals surface area contributed by atoms with Crippen molar-refractivity contribution in [3.05, 3.63) is 65.2 Å². The molecule has 2 atom stereocenters. The fourth-order valence-electron chi connectivity index (χ4n) is 2.81. The molecule has 1 aromatic heterocycles. The minimum absolute atomic E-state index is 0.134. The number of nitrogens with one attached hydrogen (secondary N) is 1. The van der Waals surface area contributed by atoms with E-state index in [1.807, 2.05) is 0 Å². The second kappa shape index (κ2) is 7.40. The highest BCUT2D eigenvalue weighted by molar-refractivity contribution is 5.95. The summed E-state index contributed by atoms with van der Waals surface area (Å²) in [6.07, 6.45) is 2.71. The molecule has 1 fully saturated rings. The summed E-state index contributed by atoms with van der Waals surface area (Å²) in [6.45, 7) is 0.618. The Morgan fingerprint density at radius 1 is 1.24 bits per heavy atom. The number of amides is 1. The third kappa shape index (κ3) is 4.00. The Hall–Kier alpha value is -2.80. The van der Waals surface area contributed by atoms with Gasteiger partial charge in [-0.15, -0.1) is 0 Å². The predicted octanol–water partition coefficient (Wildman–Crippen LogP) is 2.57. The van der Waals surface area contributed by atoms with E-state index in [4.69, 9.17) is 9.84 Å². The number of carboxylic acid groups (broad SMARTS) is 1. The molecule has 1 saturated heterocycles. The maximum atomic E-state index is 13.2. The smallest absolute Gasteiger partial charge is 0.354 e. The Balaban J connectivity index is 1.80. The van der Waals surface area contributed by atoms with Crippen molar-refractivity contribution in [2.24, 2.45) is 0 Å². The monoisotopic (exact) mass is 344 g/mol. The number of nitrogens with zero attached hydrogens (tertiary/aromatic N) is 1. The number of halogens is 1. The van der Waals surface area contributed by atoms with Crippen LogP contribution in [0.5, 0.6) is 0 Å². The van der Waals surface area contributed by atoms with Gasteiger partial charge in [0, 0.05) is 12.8 Å². The van der Waals surface area contributed by atoms with Crippen molar-refractivity contribution >= 4 is 11.9 Å². The van der Waals surface area contributed by atoms with Crippen LogP contribution >= 0.6 is 0 Å². The molecule has 1 aliphatic rings. The van der Waals surface area contributed by atoms with E-state index in [1.54, 1.807) is 12.1 Å². The van der Waals surface area contributed by atoms with Crippen molar-refractivity contribution in [1.29, 1.82) is 0 Å². The molecule has 0 aliphatic carbocycles. The van der Waals surface area contributed by atoms with Gasteiger partial charge in [-0.2, -0.15) is 0 Å². The van der Waals surface area contributed by atoms with Crippen LogP contribution in [-0.4, -0.2) is 34.7 Å². The zero-order valence-corrected chi connectivity index (χ0v) is 13.3. The number of carbonyl (C=O) groups excluding carboxylic acids is 1. The summed E-state index contributed by atoms with van der Waals surface area (Å²) in [4.78, 5) is 27.1. The summed E-state index contributed by atoms with van der Waals surface area (Å²) in [7, 11) is 0. The fraction of sp³-hybridized carbons (Fsp3) is 0.278. The van der Waals surface area contributed by atoms with Crippen LogP contribution in [0.4, 0.5) is 4.39 Å². The van der Waals surface area contributed by atoms with E-state index in [-0.39, 0.29) is 23.2 Å². The lowest BCUT2D eigenvalue weighted by Crippen LogP contribution is -2.36. The average Bonchev–Trinajstić information content (AvgIpc) is 3.15. The largest absolute Gasteiger partial charge is 0.477 e. The number of aromatic nitrogens is 1. The van der Waals surface area contributed by atoms with Gasteiger partial charge in [-0.25, -0.2) is 14.2 Å². The third-order valence-corrected chi connectivity index (χ3v) is 4.10. The molecular formula is C18H17FN2O4. The van der Waals surface area contributed by atoms with Crippen LogP contribution in [0, 0.1) is 5.82 Å². The highest BCUT2D eigenvalue weighted by Gasteiger charge is 2.29. The lowest BCUT2D eigenvalue weighted by Gasteiger charge is -2.24. The maximum absolute atomic E-state index is 13.2. The first-order valence-corrected chi connectivity index (χ1v) is 7.92. The van der Waals surface area contributed by atoms with Crippen LogP contribution in [0.3, 0.4) is 0 Å². The second-order valence-electron chi connectivity index (χ2n) is 5.79. The van der Waals surface area contributed by atoms with E-state index in [2.05, 4.69) is 10.3 Å². The molecule has 6 nitrogen and oxygen atoms in total. The maximum Gasteiger partial charge on any atom is 0.354 e. The molecule has 2 aromatic rings. The van der Waals surface area contributed by atoms with Gasteiger partial charge in [0.1, 0.15) is 11.5 Å². The average molecular weight is 344 g/mol. The number of ether oxygens (including phenoxy) is 1. The molecule has 0 saturated carbocycles. The van der Waals surface area contributed by atoms with Crippen molar-refractivity contribution < 1.29 is 23.8 Å². The minimum atomic E-state index is -1.16. The summed E-state index contributed by atoms with van der Waals surface area (Å²) in [5.41, 5.74) is 0.859.